The number of esters is 1. The highest BCUT2D eigenvalue weighted by Crippen LogP contribution is 2.23. The molecule has 0 fully saturated rings. The number of ether oxygens (including phenoxy) is 2. The summed E-state index contributed by atoms with van der Waals surface area (Å²) in [6.07, 6.45) is 0. The van der Waals surface area contributed by atoms with E-state index >= 15 is 0 Å². The van der Waals surface area contributed by atoms with Crippen LogP contribution in [0.2, 0.25) is 5.02 Å². The van der Waals surface area contributed by atoms with Crippen molar-refractivity contribution in [1.82, 2.24) is 0 Å². The monoisotopic (exact) mass is 347 g/mol. The second-order valence-electron chi connectivity index (χ2n) is 5.02. The second-order valence-corrected chi connectivity index (χ2v) is 5.42. The predicted octanol–water partition coefficient (Wildman–Crippen LogP) is 3.84. The van der Waals surface area contributed by atoms with Crippen molar-refractivity contribution in [3.63, 3.8) is 0 Å². The number of carbonyl (C=O) groups is 2. The number of hydrogen-bond acceptors (Lipinski definition) is 4. The lowest BCUT2D eigenvalue weighted by atomic mass is 10.1. The van der Waals surface area contributed by atoms with E-state index in [1.807, 2.05) is 0 Å². The van der Waals surface area contributed by atoms with E-state index in [0.29, 0.717) is 28.6 Å². The van der Waals surface area contributed by atoms with Crippen LogP contribution in [-0.4, -0.2) is 25.1 Å². The third-order valence-corrected chi connectivity index (χ3v) is 3.52. The van der Waals surface area contributed by atoms with E-state index in [0.717, 1.165) is 5.56 Å². The number of para-hydroxylation sites is 1. The van der Waals surface area contributed by atoms with Gasteiger partial charge in [-0.3, -0.25) is 4.79 Å². The van der Waals surface area contributed by atoms with Gasteiger partial charge in [-0.05, 0) is 49.7 Å². The summed E-state index contributed by atoms with van der Waals surface area (Å²) in [4.78, 5) is 23.7. The van der Waals surface area contributed by atoms with Gasteiger partial charge in [0.25, 0.3) is 5.91 Å². The van der Waals surface area contributed by atoms with E-state index in [4.69, 9.17) is 21.1 Å². The molecule has 0 heterocycles. The average molecular weight is 348 g/mol. The standard InChI is InChI=1S/C18H18ClNO4/c1-3-23-18(22)13-8-9-15(12(2)10-13)20-17(21)11-24-16-7-5-4-6-14(16)19/h4-10H,3,11H2,1-2H3,(H,20,21). The lowest BCUT2D eigenvalue weighted by Gasteiger charge is -2.11. The molecule has 0 aliphatic rings. The second kappa shape index (κ2) is 8.36. The molecule has 126 valence electrons. The van der Waals surface area contributed by atoms with Crippen molar-refractivity contribution in [2.24, 2.45) is 0 Å². The van der Waals surface area contributed by atoms with Gasteiger partial charge in [-0.25, -0.2) is 4.79 Å². The first kappa shape index (κ1) is 17.8. The average Bonchev–Trinajstić information content (AvgIpc) is 2.56. The van der Waals surface area contributed by atoms with Gasteiger partial charge in [-0.2, -0.15) is 0 Å². The molecule has 0 saturated heterocycles. The first-order valence-electron chi connectivity index (χ1n) is 7.46. The number of nitrogens with one attached hydrogen (secondary N) is 1. The van der Waals surface area contributed by atoms with Gasteiger partial charge in [0.1, 0.15) is 5.75 Å². The van der Waals surface area contributed by atoms with E-state index in [-0.39, 0.29) is 18.5 Å². The summed E-state index contributed by atoms with van der Waals surface area (Å²) in [5, 5.41) is 3.18. The maximum Gasteiger partial charge on any atom is 0.338 e. The van der Waals surface area contributed by atoms with E-state index in [1.165, 1.54) is 0 Å². The third-order valence-electron chi connectivity index (χ3n) is 3.21. The fraction of sp³-hybridized carbons (Fsp3) is 0.222. The zero-order valence-corrected chi connectivity index (χ0v) is 14.2. The fourth-order valence-electron chi connectivity index (χ4n) is 2.04. The highest BCUT2D eigenvalue weighted by Gasteiger charge is 2.11. The molecule has 0 radical (unpaired) electrons. The Hall–Kier alpha value is -2.53. The van der Waals surface area contributed by atoms with Gasteiger partial charge in [0.2, 0.25) is 0 Å². The molecule has 5 nitrogen and oxygen atoms in total. The van der Waals surface area contributed by atoms with Crippen molar-refractivity contribution in [1.29, 1.82) is 0 Å². The van der Waals surface area contributed by atoms with Crippen molar-refractivity contribution in [2.45, 2.75) is 13.8 Å². The Labute approximate surface area is 145 Å². The Kier molecular flexibility index (Phi) is 6.21. The number of rotatable bonds is 6. The maximum absolute atomic E-state index is 12.0. The Morgan fingerprint density at radius 2 is 1.92 bits per heavy atom. The van der Waals surface area contributed by atoms with Gasteiger partial charge in [-0.1, -0.05) is 23.7 Å². The Bertz CT molecular complexity index is 746. The van der Waals surface area contributed by atoms with Gasteiger partial charge in [0, 0.05) is 5.69 Å². The Morgan fingerprint density at radius 3 is 2.58 bits per heavy atom. The summed E-state index contributed by atoms with van der Waals surface area (Å²) in [7, 11) is 0. The van der Waals surface area contributed by atoms with Crippen LogP contribution in [0.3, 0.4) is 0 Å². The lowest BCUT2D eigenvalue weighted by molar-refractivity contribution is -0.118. The number of benzene rings is 2. The summed E-state index contributed by atoms with van der Waals surface area (Å²) in [5.41, 5.74) is 1.81. The van der Waals surface area contributed by atoms with Gasteiger partial charge in [0.15, 0.2) is 6.61 Å². The third kappa shape index (κ3) is 4.73. The van der Waals surface area contributed by atoms with Crippen LogP contribution in [0.4, 0.5) is 5.69 Å². The van der Waals surface area contributed by atoms with Crippen LogP contribution in [0.25, 0.3) is 0 Å². The van der Waals surface area contributed by atoms with E-state index in [9.17, 15) is 9.59 Å². The molecule has 0 bridgehead atoms. The smallest absolute Gasteiger partial charge is 0.338 e. The van der Waals surface area contributed by atoms with Gasteiger partial charge in [0.05, 0.1) is 17.2 Å². The molecule has 0 saturated carbocycles. The zero-order valence-electron chi connectivity index (χ0n) is 13.5. The van der Waals surface area contributed by atoms with E-state index in [1.54, 1.807) is 56.3 Å². The highest BCUT2D eigenvalue weighted by atomic mass is 35.5. The summed E-state index contributed by atoms with van der Waals surface area (Å²) in [6, 6.07) is 11.9. The van der Waals surface area contributed by atoms with Crippen LogP contribution >= 0.6 is 11.6 Å². The first-order valence-corrected chi connectivity index (χ1v) is 7.84. The molecule has 0 spiro atoms. The van der Waals surface area contributed by atoms with Crippen molar-refractivity contribution in [2.75, 3.05) is 18.5 Å². The van der Waals surface area contributed by atoms with Crippen LogP contribution in [-0.2, 0) is 9.53 Å². The normalized spacial score (nSPS) is 10.1. The lowest BCUT2D eigenvalue weighted by Crippen LogP contribution is -2.21. The molecule has 0 aliphatic carbocycles. The fourth-order valence-corrected chi connectivity index (χ4v) is 2.23. The summed E-state index contributed by atoms with van der Waals surface area (Å²) < 4.78 is 10.3. The predicted molar refractivity (Wildman–Crippen MR) is 92.7 cm³/mol. The van der Waals surface area contributed by atoms with Crippen LogP contribution < -0.4 is 10.1 Å². The molecule has 6 heteroatoms. The quantitative estimate of drug-likeness (QED) is 0.806. The van der Waals surface area contributed by atoms with Crippen LogP contribution in [0, 0.1) is 6.92 Å². The topological polar surface area (TPSA) is 64.6 Å². The molecule has 2 aromatic carbocycles. The Balaban J connectivity index is 1.96. The Morgan fingerprint density at radius 1 is 1.17 bits per heavy atom. The molecule has 2 aromatic rings. The molecule has 0 atom stereocenters. The number of aryl methyl sites for hydroxylation is 1. The molecule has 0 aromatic heterocycles. The molecular weight excluding hydrogens is 330 g/mol. The summed E-state index contributed by atoms with van der Waals surface area (Å²) in [5.74, 6) is -0.258. The molecule has 24 heavy (non-hydrogen) atoms. The van der Waals surface area contributed by atoms with Crippen LogP contribution in [0.15, 0.2) is 42.5 Å². The molecule has 1 amide bonds. The van der Waals surface area contributed by atoms with Gasteiger partial charge < -0.3 is 14.8 Å². The maximum atomic E-state index is 12.0. The number of hydrogen-bond donors (Lipinski definition) is 1. The minimum absolute atomic E-state index is 0.164. The van der Waals surface area contributed by atoms with E-state index in [2.05, 4.69) is 5.32 Å². The van der Waals surface area contributed by atoms with Crippen molar-refractivity contribution >= 4 is 29.2 Å². The number of carbonyl (C=O) groups excluding carboxylic acids is 2. The molecule has 0 aliphatic heterocycles. The molecular formula is C18H18ClNO4. The van der Waals surface area contributed by atoms with Crippen molar-refractivity contribution < 1.29 is 19.1 Å². The van der Waals surface area contributed by atoms with Crippen LogP contribution in [0.5, 0.6) is 5.75 Å². The van der Waals surface area contributed by atoms with E-state index < -0.39 is 0 Å². The summed E-state index contributed by atoms with van der Waals surface area (Å²) >= 11 is 5.97. The number of halogens is 1. The molecule has 2 rings (SSSR count). The molecule has 0 unspecified atom stereocenters. The highest BCUT2D eigenvalue weighted by molar-refractivity contribution is 6.32. The molecule has 1 N–H and O–H groups in total. The number of amides is 1. The zero-order chi connectivity index (χ0) is 17.5. The largest absolute Gasteiger partial charge is 0.482 e. The van der Waals surface area contributed by atoms with Gasteiger partial charge in [-0.15, -0.1) is 0 Å². The first-order chi connectivity index (χ1) is 11.5. The summed E-state index contributed by atoms with van der Waals surface area (Å²) in [6.45, 7) is 3.70. The number of anilines is 1. The van der Waals surface area contributed by atoms with Crippen molar-refractivity contribution in [3.05, 3.63) is 58.6 Å². The van der Waals surface area contributed by atoms with Gasteiger partial charge >= 0.3 is 5.97 Å². The minimum atomic E-state index is -0.388. The van der Waals surface area contributed by atoms with Crippen molar-refractivity contribution in [3.8, 4) is 5.75 Å². The SMILES string of the molecule is CCOC(=O)c1ccc(NC(=O)COc2ccccc2Cl)c(C)c1. The minimum Gasteiger partial charge on any atom is -0.482 e. The van der Waals surface area contributed by atoms with Crippen LogP contribution in [0.1, 0.15) is 22.8 Å².